The summed E-state index contributed by atoms with van der Waals surface area (Å²) in [6, 6.07) is 13.5. The molecule has 2 aromatic rings. The van der Waals surface area contributed by atoms with E-state index in [-0.39, 0.29) is 6.04 Å². The molecule has 3 heteroatoms. The Morgan fingerprint density at radius 1 is 1.21 bits per heavy atom. The summed E-state index contributed by atoms with van der Waals surface area (Å²) in [4.78, 5) is 0. The first kappa shape index (κ1) is 13.9. The Morgan fingerprint density at radius 2 is 1.95 bits per heavy atom. The Kier molecular flexibility index (Phi) is 4.46. The largest absolute Gasteiger partial charge is 0.457 e. The van der Waals surface area contributed by atoms with Gasteiger partial charge in [-0.25, -0.2) is 0 Å². The second-order valence-electron chi connectivity index (χ2n) is 4.54. The highest BCUT2D eigenvalue weighted by Crippen LogP contribution is 2.30. The van der Waals surface area contributed by atoms with E-state index in [9.17, 15) is 0 Å². The molecule has 0 radical (unpaired) electrons. The normalized spacial score (nSPS) is 12.2. The van der Waals surface area contributed by atoms with Crippen molar-refractivity contribution in [3.8, 4) is 11.5 Å². The molecule has 100 valence electrons. The lowest BCUT2D eigenvalue weighted by molar-refractivity contribution is 0.471. The highest BCUT2D eigenvalue weighted by Gasteiger charge is 2.09. The van der Waals surface area contributed by atoms with Crippen molar-refractivity contribution in [3.63, 3.8) is 0 Å². The van der Waals surface area contributed by atoms with E-state index < -0.39 is 0 Å². The van der Waals surface area contributed by atoms with Crippen molar-refractivity contribution in [3.05, 3.63) is 58.6 Å². The number of halogens is 1. The first-order valence-electron chi connectivity index (χ1n) is 6.42. The summed E-state index contributed by atoms with van der Waals surface area (Å²) in [6.07, 6.45) is 0.880. The molecule has 2 nitrogen and oxygen atoms in total. The zero-order valence-corrected chi connectivity index (χ0v) is 11.9. The van der Waals surface area contributed by atoms with Crippen LogP contribution in [0.3, 0.4) is 0 Å². The molecule has 0 aliphatic carbocycles. The Hall–Kier alpha value is -1.51. The quantitative estimate of drug-likeness (QED) is 0.877. The van der Waals surface area contributed by atoms with E-state index in [0.29, 0.717) is 0 Å². The number of aryl methyl sites for hydroxylation is 1. The summed E-state index contributed by atoms with van der Waals surface area (Å²) >= 11 is 6.11. The van der Waals surface area contributed by atoms with Crippen LogP contribution in [0.25, 0.3) is 0 Å². The Balaban J connectivity index is 2.31. The van der Waals surface area contributed by atoms with Gasteiger partial charge in [-0.3, -0.25) is 0 Å². The molecule has 0 heterocycles. The van der Waals surface area contributed by atoms with Crippen molar-refractivity contribution >= 4 is 11.6 Å². The van der Waals surface area contributed by atoms with Crippen molar-refractivity contribution in [1.29, 1.82) is 0 Å². The maximum Gasteiger partial charge on any atom is 0.132 e. The lowest BCUT2D eigenvalue weighted by atomic mass is 10.1. The van der Waals surface area contributed by atoms with Crippen LogP contribution in [0.4, 0.5) is 0 Å². The minimum atomic E-state index is -0.0610. The number of benzene rings is 2. The average molecular weight is 276 g/mol. The van der Waals surface area contributed by atoms with E-state index >= 15 is 0 Å². The van der Waals surface area contributed by atoms with Crippen LogP contribution in [-0.2, 0) is 6.42 Å². The van der Waals surface area contributed by atoms with Gasteiger partial charge in [0.1, 0.15) is 11.5 Å². The number of rotatable bonds is 4. The molecule has 0 bridgehead atoms. The van der Waals surface area contributed by atoms with Gasteiger partial charge in [0.2, 0.25) is 0 Å². The van der Waals surface area contributed by atoms with Gasteiger partial charge in [-0.05, 0) is 43.2 Å². The molecule has 1 atom stereocenters. The molecule has 0 amide bonds. The van der Waals surface area contributed by atoms with E-state index in [1.165, 1.54) is 0 Å². The molecule has 19 heavy (non-hydrogen) atoms. The number of hydrogen-bond acceptors (Lipinski definition) is 2. The van der Waals surface area contributed by atoms with Crippen LogP contribution < -0.4 is 10.5 Å². The van der Waals surface area contributed by atoms with Crippen LogP contribution >= 0.6 is 11.6 Å². The third-order valence-corrected chi connectivity index (χ3v) is 3.40. The summed E-state index contributed by atoms with van der Waals surface area (Å²) in [5, 5.41) is 0.773. The van der Waals surface area contributed by atoms with Crippen LogP contribution in [0, 0.1) is 0 Å². The minimum Gasteiger partial charge on any atom is -0.457 e. The van der Waals surface area contributed by atoms with Crippen molar-refractivity contribution in [2.75, 3.05) is 0 Å². The van der Waals surface area contributed by atoms with Gasteiger partial charge < -0.3 is 10.5 Å². The van der Waals surface area contributed by atoms with Gasteiger partial charge >= 0.3 is 0 Å². The zero-order valence-electron chi connectivity index (χ0n) is 11.2. The topological polar surface area (TPSA) is 35.2 Å². The van der Waals surface area contributed by atoms with Crippen LogP contribution in [0.2, 0.25) is 5.02 Å². The molecule has 0 saturated carbocycles. The number of nitrogens with two attached hydrogens (primary N) is 1. The number of ether oxygens (including phenoxy) is 1. The molecular formula is C16H18ClNO. The van der Waals surface area contributed by atoms with E-state index in [1.807, 2.05) is 49.4 Å². The average Bonchev–Trinajstić information content (AvgIpc) is 2.41. The first-order valence-corrected chi connectivity index (χ1v) is 6.80. The van der Waals surface area contributed by atoms with Gasteiger partial charge in [0, 0.05) is 16.6 Å². The minimum absolute atomic E-state index is 0.0610. The predicted octanol–water partition coefficient (Wildman–Crippen LogP) is 4.71. The molecular weight excluding hydrogens is 258 g/mol. The lowest BCUT2D eigenvalue weighted by Crippen LogP contribution is -2.06. The molecule has 0 aliphatic rings. The van der Waals surface area contributed by atoms with E-state index in [1.54, 1.807) is 0 Å². The summed E-state index contributed by atoms with van der Waals surface area (Å²) in [5.41, 5.74) is 8.02. The van der Waals surface area contributed by atoms with Gasteiger partial charge in [0.05, 0.1) is 0 Å². The third kappa shape index (κ3) is 3.28. The summed E-state index contributed by atoms with van der Waals surface area (Å²) in [6.45, 7) is 4.02. The zero-order chi connectivity index (χ0) is 13.8. The maximum atomic E-state index is 6.11. The van der Waals surface area contributed by atoms with Gasteiger partial charge in [-0.15, -0.1) is 0 Å². The highest BCUT2D eigenvalue weighted by molar-refractivity contribution is 6.31. The van der Waals surface area contributed by atoms with Crippen molar-refractivity contribution in [2.45, 2.75) is 26.3 Å². The van der Waals surface area contributed by atoms with Gasteiger partial charge in [0.15, 0.2) is 0 Å². The summed E-state index contributed by atoms with van der Waals surface area (Å²) in [7, 11) is 0. The Labute approximate surface area is 119 Å². The van der Waals surface area contributed by atoms with E-state index in [0.717, 1.165) is 34.1 Å². The van der Waals surface area contributed by atoms with Crippen molar-refractivity contribution in [1.82, 2.24) is 0 Å². The van der Waals surface area contributed by atoms with Gasteiger partial charge in [0.25, 0.3) is 0 Å². The van der Waals surface area contributed by atoms with Crippen LogP contribution in [0.1, 0.15) is 31.0 Å². The summed E-state index contributed by atoms with van der Waals surface area (Å²) < 4.78 is 5.93. The SMILES string of the molecule is CCc1cc(Oc2ccccc2C(C)N)ccc1Cl. The monoisotopic (exact) mass is 275 g/mol. The molecule has 2 rings (SSSR count). The Morgan fingerprint density at radius 3 is 2.63 bits per heavy atom. The van der Waals surface area contributed by atoms with E-state index in [4.69, 9.17) is 22.1 Å². The van der Waals surface area contributed by atoms with Crippen molar-refractivity contribution < 1.29 is 4.74 Å². The standard InChI is InChI=1S/C16H18ClNO/c1-3-12-10-13(8-9-15(12)17)19-16-7-5-4-6-14(16)11(2)18/h4-11H,3,18H2,1-2H3. The second-order valence-corrected chi connectivity index (χ2v) is 4.94. The first-order chi connectivity index (χ1) is 9.11. The molecule has 2 N–H and O–H groups in total. The van der Waals surface area contributed by atoms with Gasteiger partial charge in [-0.1, -0.05) is 36.7 Å². The van der Waals surface area contributed by atoms with Gasteiger partial charge in [-0.2, -0.15) is 0 Å². The fourth-order valence-electron chi connectivity index (χ4n) is 1.96. The number of para-hydroxylation sites is 1. The van der Waals surface area contributed by atoms with Crippen molar-refractivity contribution in [2.24, 2.45) is 5.73 Å². The molecule has 1 unspecified atom stereocenters. The fourth-order valence-corrected chi connectivity index (χ4v) is 2.21. The van der Waals surface area contributed by atoms with Crippen LogP contribution in [0.15, 0.2) is 42.5 Å². The number of hydrogen-bond donors (Lipinski definition) is 1. The van der Waals surface area contributed by atoms with Crippen LogP contribution in [-0.4, -0.2) is 0 Å². The summed E-state index contributed by atoms with van der Waals surface area (Å²) in [5.74, 6) is 1.58. The highest BCUT2D eigenvalue weighted by atomic mass is 35.5. The molecule has 0 saturated heterocycles. The van der Waals surface area contributed by atoms with E-state index in [2.05, 4.69) is 6.92 Å². The molecule has 0 aromatic heterocycles. The molecule has 0 fully saturated rings. The van der Waals surface area contributed by atoms with Crippen LogP contribution in [0.5, 0.6) is 11.5 Å². The lowest BCUT2D eigenvalue weighted by Gasteiger charge is -2.14. The Bertz CT molecular complexity index is 566. The molecule has 0 aliphatic heterocycles. The molecule has 2 aromatic carbocycles. The predicted molar refractivity (Wildman–Crippen MR) is 79.9 cm³/mol. The third-order valence-electron chi connectivity index (χ3n) is 3.04. The molecule has 0 spiro atoms. The smallest absolute Gasteiger partial charge is 0.132 e. The fraction of sp³-hybridized carbons (Fsp3) is 0.250. The maximum absolute atomic E-state index is 6.11. The second kappa shape index (κ2) is 6.09.